The molecule has 0 radical (unpaired) electrons. The second-order valence-corrected chi connectivity index (χ2v) is 14.8. The van der Waals surface area contributed by atoms with E-state index in [2.05, 4.69) is 15.3 Å². The van der Waals surface area contributed by atoms with Crippen molar-refractivity contribution in [3.05, 3.63) is 127 Å². The van der Waals surface area contributed by atoms with Crippen molar-refractivity contribution in [2.45, 2.75) is 104 Å². The highest BCUT2D eigenvalue weighted by atomic mass is 16.6. The Hall–Kier alpha value is -4.84. The molecule has 0 aromatic carbocycles. The van der Waals surface area contributed by atoms with Gasteiger partial charge in [-0.3, -0.25) is 0 Å². The fourth-order valence-electron chi connectivity index (χ4n) is 5.78. The molecule has 0 aliphatic carbocycles. The van der Waals surface area contributed by atoms with Gasteiger partial charge < -0.3 is 33.8 Å². The lowest BCUT2D eigenvalue weighted by atomic mass is 9.79. The Labute approximate surface area is 318 Å². The number of aliphatic hydroxyl groups excluding tert-OH is 2. The van der Waals surface area contributed by atoms with Gasteiger partial charge in [0.2, 0.25) is 5.89 Å². The van der Waals surface area contributed by atoms with Crippen LogP contribution in [0.15, 0.2) is 113 Å². The van der Waals surface area contributed by atoms with Crippen molar-refractivity contribution < 1.29 is 38.1 Å². The average molecular weight is 742 g/mol. The van der Waals surface area contributed by atoms with Crippen molar-refractivity contribution in [2.75, 3.05) is 0 Å². The molecule has 3 N–H and O–H groups in total. The number of carbonyl (C=O) groups excluding carboxylic acids is 2. The highest BCUT2D eigenvalue weighted by Crippen LogP contribution is 2.33. The first-order chi connectivity index (χ1) is 25.8. The predicted molar refractivity (Wildman–Crippen MR) is 208 cm³/mol. The molecule has 0 saturated carbocycles. The molecule has 2 aromatic rings. The van der Waals surface area contributed by atoms with Crippen molar-refractivity contribution >= 4 is 18.0 Å². The Morgan fingerprint density at radius 1 is 0.741 bits per heavy atom. The van der Waals surface area contributed by atoms with Gasteiger partial charge in [0.05, 0.1) is 12.2 Å². The van der Waals surface area contributed by atoms with Crippen LogP contribution in [0.5, 0.6) is 0 Å². The van der Waals surface area contributed by atoms with Gasteiger partial charge in [-0.2, -0.15) is 0 Å². The number of nitrogens with one attached hydrogen (secondary N) is 1. The van der Waals surface area contributed by atoms with E-state index in [-0.39, 0.29) is 35.3 Å². The third-order valence-electron chi connectivity index (χ3n) is 9.70. The number of rotatable bonds is 6. The molecule has 11 heteroatoms. The Balaban J connectivity index is 1.56. The Morgan fingerprint density at radius 3 is 1.94 bits per heavy atom. The van der Waals surface area contributed by atoms with Crippen LogP contribution in [0.1, 0.15) is 94.1 Å². The van der Waals surface area contributed by atoms with E-state index in [1.165, 1.54) is 12.5 Å². The molecule has 0 amide bonds. The first-order valence-electron chi connectivity index (χ1n) is 18.5. The third-order valence-corrected chi connectivity index (χ3v) is 9.70. The molecule has 11 nitrogen and oxygen atoms in total. The minimum Gasteiger partial charge on any atom is -0.457 e. The van der Waals surface area contributed by atoms with E-state index in [1.54, 1.807) is 36.5 Å². The van der Waals surface area contributed by atoms with Crippen molar-refractivity contribution in [2.24, 2.45) is 16.7 Å². The summed E-state index contributed by atoms with van der Waals surface area (Å²) in [5.74, 6) is -0.560. The molecule has 0 spiro atoms. The number of oxazole rings is 2. The molecule has 1 fully saturated rings. The summed E-state index contributed by atoms with van der Waals surface area (Å²) in [4.78, 5) is 35.2. The van der Waals surface area contributed by atoms with E-state index >= 15 is 0 Å². The van der Waals surface area contributed by atoms with Crippen LogP contribution in [0.3, 0.4) is 0 Å². The van der Waals surface area contributed by atoms with Crippen LogP contribution in [0.2, 0.25) is 0 Å². The van der Waals surface area contributed by atoms with E-state index in [4.69, 9.17) is 18.3 Å². The van der Waals surface area contributed by atoms with E-state index in [0.717, 1.165) is 0 Å². The van der Waals surface area contributed by atoms with Gasteiger partial charge in [-0.1, -0.05) is 126 Å². The molecule has 290 valence electrons. The fraction of sp³-hybridized carbons (Fsp3) is 0.442. The fourth-order valence-corrected chi connectivity index (χ4v) is 5.78. The number of esters is 2. The Bertz CT molecular complexity index is 1790. The second-order valence-electron chi connectivity index (χ2n) is 14.8. The third kappa shape index (κ3) is 11.8. The monoisotopic (exact) mass is 741 g/mol. The number of carbonyl (C=O) groups is 2. The lowest BCUT2D eigenvalue weighted by molar-refractivity contribution is -0.0461. The molecule has 7 atom stereocenters. The molecule has 1 saturated heterocycles. The van der Waals surface area contributed by atoms with Gasteiger partial charge in [-0.15, -0.1) is 0 Å². The van der Waals surface area contributed by atoms with Crippen LogP contribution >= 0.6 is 0 Å². The summed E-state index contributed by atoms with van der Waals surface area (Å²) in [7, 11) is 0. The molecule has 2 aliphatic rings. The predicted octanol–water partition coefficient (Wildman–Crippen LogP) is 7.45. The maximum absolute atomic E-state index is 13.3. The maximum atomic E-state index is 13.3. The summed E-state index contributed by atoms with van der Waals surface area (Å²) >= 11 is 0. The largest absolute Gasteiger partial charge is 0.457 e. The molecule has 0 unspecified atom stereocenters. The van der Waals surface area contributed by atoms with Crippen LogP contribution in [0.25, 0.3) is 6.08 Å². The Kier molecular flexibility index (Phi) is 15.1. The van der Waals surface area contributed by atoms with E-state index in [1.807, 2.05) is 109 Å². The molecule has 4 rings (SSSR count). The summed E-state index contributed by atoms with van der Waals surface area (Å²) in [5, 5.41) is 25.1. The zero-order valence-corrected chi connectivity index (χ0v) is 32.3. The van der Waals surface area contributed by atoms with Crippen molar-refractivity contribution in [1.29, 1.82) is 0 Å². The number of hydrogen-bond acceptors (Lipinski definition) is 11. The maximum Gasteiger partial charge on any atom is 0.360 e. The quantitative estimate of drug-likeness (QED) is 0.153. The second kappa shape index (κ2) is 19.5. The number of nitrogens with zero attached hydrogens (tertiary/aromatic N) is 2. The standard InChI is InChI=1S/C43H55N3O8/c1-8-18-34(47)42(4,5)36-23-14-12-10-11-13-20-29(3)26-39-46-33(28-52-39)41(50)54-37(43(6,7)35(48)19-9-2)24-17-22-31-30(44-31)21-15-16-25-38-45-32(27-51-38)40(49)53-36/h8-22,25,27-31,34-37,44,47-48H,23-24,26H2,1-7H3/b11-10-,14-12-,18-8+,19-9+,20-13+,21-15+,22-17-,25-16-/t29-,30-,31+,34-,35-,36-,37-/m0/s1. The minimum atomic E-state index is -0.855. The highest BCUT2D eigenvalue weighted by molar-refractivity contribution is 5.87. The normalized spacial score (nSPS) is 28.6. The number of fused-ring (bicyclic) bond motifs is 5. The zero-order chi connectivity index (χ0) is 39.3. The van der Waals surface area contributed by atoms with Gasteiger partial charge in [0.1, 0.15) is 24.7 Å². The number of ether oxygens (including phenoxy) is 2. The first kappa shape index (κ1) is 41.9. The van der Waals surface area contributed by atoms with Gasteiger partial charge in [-0.05, 0) is 19.8 Å². The molecule has 54 heavy (non-hydrogen) atoms. The molecular formula is C43H55N3O8. The van der Waals surface area contributed by atoms with Crippen LogP contribution in [-0.4, -0.2) is 68.6 Å². The minimum absolute atomic E-state index is 0.0307. The molecule has 4 bridgehead atoms. The van der Waals surface area contributed by atoms with Crippen LogP contribution in [-0.2, 0) is 15.9 Å². The van der Waals surface area contributed by atoms with Gasteiger partial charge in [-0.25, -0.2) is 19.6 Å². The van der Waals surface area contributed by atoms with Crippen molar-refractivity contribution in [1.82, 2.24) is 15.3 Å². The Morgan fingerprint density at radius 2 is 1.30 bits per heavy atom. The van der Waals surface area contributed by atoms with E-state index in [0.29, 0.717) is 25.2 Å². The number of aliphatic hydroxyl groups is 2. The summed E-state index contributed by atoms with van der Waals surface area (Å²) < 4.78 is 23.0. The summed E-state index contributed by atoms with van der Waals surface area (Å²) in [5.41, 5.74) is -1.51. The van der Waals surface area contributed by atoms with Gasteiger partial charge in [0, 0.05) is 48.3 Å². The first-order valence-corrected chi connectivity index (χ1v) is 18.5. The number of allylic oxidation sites excluding steroid dienone is 9. The number of aromatic nitrogens is 2. The zero-order valence-electron chi connectivity index (χ0n) is 32.3. The lowest BCUT2D eigenvalue weighted by Gasteiger charge is -2.36. The number of cyclic esters (lactones) is 2. The molecule has 4 heterocycles. The van der Waals surface area contributed by atoms with Crippen molar-refractivity contribution in [3.63, 3.8) is 0 Å². The summed E-state index contributed by atoms with van der Waals surface area (Å²) in [6, 6.07) is 0.179. The van der Waals surface area contributed by atoms with Crippen LogP contribution in [0, 0.1) is 16.7 Å². The molecular weight excluding hydrogens is 686 g/mol. The van der Waals surface area contributed by atoms with E-state index < -0.39 is 47.2 Å². The highest BCUT2D eigenvalue weighted by Gasteiger charge is 2.39. The molecule has 2 aromatic heterocycles. The average Bonchev–Trinajstić information content (AvgIpc) is 3.45. The SMILES string of the molecule is C/C=C/[C@H](O)C(C)(C)[C@@H]1C\C=C/C=C\C=C\[C@H](C)Cc2nc(co2)C(=O)O[C@H](C(C)(C)[C@@H](O)/C=C/C)C/C=C\[C@H]2N[C@H]2/C=C/C=C\c2nc(co2)C(=O)O1. The van der Waals surface area contributed by atoms with E-state index in [9.17, 15) is 19.8 Å². The van der Waals surface area contributed by atoms with Gasteiger partial charge in [0.15, 0.2) is 17.3 Å². The summed E-state index contributed by atoms with van der Waals surface area (Å²) in [6.07, 6.45) is 30.2. The van der Waals surface area contributed by atoms with Crippen LogP contribution < -0.4 is 5.32 Å². The van der Waals surface area contributed by atoms with Crippen LogP contribution in [0.4, 0.5) is 0 Å². The van der Waals surface area contributed by atoms with Gasteiger partial charge in [0.25, 0.3) is 0 Å². The van der Waals surface area contributed by atoms with Gasteiger partial charge >= 0.3 is 11.9 Å². The smallest absolute Gasteiger partial charge is 0.360 e. The number of hydrogen-bond donors (Lipinski definition) is 3. The topological polar surface area (TPSA) is 167 Å². The summed E-state index contributed by atoms with van der Waals surface area (Å²) in [6.45, 7) is 13.1. The van der Waals surface area contributed by atoms with Crippen molar-refractivity contribution in [3.8, 4) is 0 Å². The molecule has 2 aliphatic heterocycles. The lowest BCUT2D eigenvalue weighted by Crippen LogP contribution is -2.42.